The monoisotopic (exact) mass is 556 g/mol. The summed E-state index contributed by atoms with van der Waals surface area (Å²) in [6.45, 7) is 7.09. The van der Waals surface area contributed by atoms with Crippen molar-refractivity contribution in [2.75, 3.05) is 7.04 Å². The van der Waals surface area contributed by atoms with Crippen LogP contribution in [0.1, 0.15) is 72.5 Å². The van der Waals surface area contributed by atoms with Gasteiger partial charge in [-0.15, -0.1) is 0 Å². The molecule has 3 heterocycles. The number of hydrogen-bond donors (Lipinski definition) is 2. The number of alkyl halides is 3. The van der Waals surface area contributed by atoms with Crippen LogP contribution in [0, 0.1) is 17.6 Å². The molecule has 2 aromatic heterocycles. The Morgan fingerprint density at radius 3 is 2.54 bits per heavy atom. The smallest absolute Gasteiger partial charge is 0.417 e. The summed E-state index contributed by atoms with van der Waals surface area (Å²) < 4.78 is 105. The van der Waals surface area contributed by atoms with Gasteiger partial charge >= 0.3 is 6.18 Å². The highest BCUT2D eigenvalue weighted by Gasteiger charge is 2.65. The Hall–Kier alpha value is -3.54. The molecule has 0 radical (unpaired) electrons. The summed E-state index contributed by atoms with van der Waals surface area (Å²) in [5, 5.41) is 2.56. The number of pyridine rings is 2. The third-order valence-corrected chi connectivity index (χ3v) is 6.98. The number of nitrogens with one attached hydrogen (secondary N) is 2. The van der Waals surface area contributed by atoms with Gasteiger partial charge in [0, 0.05) is 40.9 Å². The number of hydrogen-bond acceptors (Lipinski definition) is 5. The molecule has 1 aliphatic rings. The van der Waals surface area contributed by atoms with Gasteiger partial charge in [0.2, 0.25) is 5.82 Å². The number of aromatic amines is 1. The van der Waals surface area contributed by atoms with Gasteiger partial charge in [-0.25, -0.2) is 4.39 Å². The van der Waals surface area contributed by atoms with Gasteiger partial charge in [0.25, 0.3) is 5.91 Å². The van der Waals surface area contributed by atoms with E-state index in [-0.39, 0.29) is 22.3 Å². The van der Waals surface area contributed by atoms with E-state index in [0.717, 1.165) is 26.0 Å². The average molecular weight is 557 g/mol. The summed E-state index contributed by atoms with van der Waals surface area (Å²) in [5.41, 5.74) is -5.08. The van der Waals surface area contributed by atoms with E-state index < -0.39 is 76.6 Å². The normalized spacial score (nSPS) is 25.2. The Kier molecular flexibility index (Phi) is 6.02. The van der Waals surface area contributed by atoms with Crippen molar-refractivity contribution >= 4 is 16.8 Å². The van der Waals surface area contributed by atoms with Crippen molar-refractivity contribution in [2.24, 2.45) is 5.92 Å². The zero-order valence-electron chi connectivity index (χ0n) is 24.6. The van der Waals surface area contributed by atoms with Gasteiger partial charge in [-0.2, -0.15) is 17.6 Å². The predicted molar refractivity (Wildman–Crippen MR) is 133 cm³/mol. The molecular formula is C27H28F5N3O4. The van der Waals surface area contributed by atoms with E-state index >= 15 is 0 Å². The molecule has 0 bridgehead atoms. The summed E-state index contributed by atoms with van der Waals surface area (Å²) in [6, 6.07) is 3.84. The number of ether oxygens (including phenoxy) is 2. The van der Waals surface area contributed by atoms with Gasteiger partial charge in [-0.05, 0) is 39.8 Å². The number of nitrogens with zero attached hydrogens (tertiary/aromatic N) is 1. The Bertz CT molecular complexity index is 1600. The summed E-state index contributed by atoms with van der Waals surface area (Å²) in [7, 11) is -3.27. The Morgan fingerprint density at radius 1 is 1.23 bits per heavy atom. The molecule has 1 aromatic carbocycles. The molecular weight excluding hydrogens is 525 g/mol. The van der Waals surface area contributed by atoms with Crippen molar-refractivity contribution < 1.29 is 40.3 Å². The lowest BCUT2D eigenvalue weighted by Gasteiger charge is -2.32. The average Bonchev–Trinajstić information content (AvgIpc) is 3.11. The molecule has 210 valence electrons. The van der Waals surface area contributed by atoms with Crippen molar-refractivity contribution in [1.82, 2.24) is 15.3 Å². The number of carbonyl (C=O) groups excluding carboxylic acids is 1. The van der Waals surface area contributed by atoms with Crippen molar-refractivity contribution in [1.29, 1.82) is 0 Å². The van der Waals surface area contributed by atoms with Gasteiger partial charge in [0.1, 0.15) is 11.8 Å². The predicted octanol–water partition coefficient (Wildman–Crippen LogP) is 5.55. The van der Waals surface area contributed by atoms with E-state index in [9.17, 15) is 31.5 Å². The van der Waals surface area contributed by atoms with Crippen LogP contribution in [-0.4, -0.2) is 40.2 Å². The van der Waals surface area contributed by atoms with Crippen molar-refractivity contribution in [3.05, 3.63) is 69.3 Å². The topological polar surface area (TPSA) is 93.3 Å². The maximum absolute atomic E-state index is 14.9. The maximum atomic E-state index is 14.9. The van der Waals surface area contributed by atoms with Crippen LogP contribution in [0.15, 0.2) is 35.3 Å². The SMILES string of the molecule is [2H]C([2H])([2H])Oc1c([C@H]2[C@H](c3cc(=O)c4c(C(=O)NC(C)(C)C)nccc4[nH]3)O[C@@](C)(C(F)(F)F)[C@H]2C)ccc(F)c1F. The van der Waals surface area contributed by atoms with Gasteiger partial charge in [-0.1, -0.05) is 13.0 Å². The van der Waals surface area contributed by atoms with Crippen LogP contribution in [0.25, 0.3) is 10.9 Å². The first kappa shape index (κ1) is 24.5. The first-order valence-electron chi connectivity index (χ1n) is 13.4. The molecule has 1 amide bonds. The molecule has 1 fully saturated rings. The van der Waals surface area contributed by atoms with E-state index in [4.69, 9.17) is 13.6 Å². The zero-order valence-corrected chi connectivity index (χ0v) is 21.6. The van der Waals surface area contributed by atoms with Crippen molar-refractivity contribution in [2.45, 2.75) is 64.0 Å². The quantitative estimate of drug-likeness (QED) is 0.411. The second-order valence-corrected chi connectivity index (χ2v) is 10.7. The number of fused-ring (bicyclic) bond motifs is 1. The highest BCUT2D eigenvalue weighted by atomic mass is 19.4. The molecule has 1 saturated heterocycles. The molecule has 1 aliphatic heterocycles. The Balaban J connectivity index is 1.94. The molecule has 12 heteroatoms. The van der Waals surface area contributed by atoms with Crippen LogP contribution in [0.5, 0.6) is 5.75 Å². The first-order chi connectivity index (χ1) is 19.1. The Morgan fingerprint density at radius 2 is 1.92 bits per heavy atom. The molecule has 4 atom stereocenters. The molecule has 7 nitrogen and oxygen atoms in total. The Labute approximate surface area is 224 Å². The third-order valence-electron chi connectivity index (χ3n) is 6.98. The van der Waals surface area contributed by atoms with Crippen LogP contribution in [-0.2, 0) is 4.74 Å². The first-order valence-corrected chi connectivity index (χ1v) is 11.9. The molecule has 0 aliphatic carbocycles. The van der Waals surface area contributed by atoms with E-state index in [0.29, 0.717) is 6.07 Å². The number of rotatable bonds is 4. The van der Waals surface area contributed by atoms with E-state index in [1.165, 1.54) is 12.3 Å². The lowest BCUT2D eigenvalue weighted by molar-refractivity contribution is -0.275. The highest BCUT2D eigenvalue weighted by molar-refractivity contribution is 6.04. The minimum Gasteiger partial charge on any atom is -0.493 e. The number of methoxy groups -OCH3 is 1. The number of carbonyl (C=O) groups is 1. The summed E-state index contributed by atoms with van der Waals surface area (Å²) in [5.74, 6) is -7.94. The lowest BCUT2D eigenvalue weighted by atomic mass is 9.76. The van der Waals surface area contributed by atoms with E-state index in [1.54, 1.807) is 20.8 Å². The number of amides is 1. The van der Waals surface area contributed by atoms with Gasteiger partial charge in [0.05, 0.1) is 22.1 Å². The van der Waals surface area contributed by atoms with E-state index in [2.05, 4.69) is 15.3 Å². The summed E-state index contributed by atoms with van der Waals surface area (Å²) >= 11 is 0. The fraction of sp³-hybridized carbons (Fsp3) is 0.444. The van der Waals surface area contributed by atoms with Crippen LogP contribution in [0.3, 0.4) is 0 Å². The summed E-state index contributed by atoms with van der Waals surface area (Å²) in [4.78, 5) is 33.1. The van der Waals surface area contributed by atoms with Gasteiger partial charge < -0.3 is 19.8 Å². The standard InChI is InChI=1S/C27H28F5N3O4/c1-12-18(13-7-8-14(28)20(29)22(13)38-6)23(39-26(12,5)27(30,31)32)16-11-17(36)19-15(34-16)9-10-33-21(19)24(37)35-25(2,3)4/h7-12,18,23H,1-6H3,(H,34,36)(H,35,37)/t12-,18-,23-,26+/m0/s1/i6D3. The summed E-state index contributed by atoms with van der Waals surface area (Å²) in [6.07, 6.45) is -5.39. The second-order valence-electron chi connectivity index (χ2n) is 10.7. The number of aromatic nitrogens is 2. The van der Waals surface area contributed by atoms with Crippen molar-refractivity contribution in [3.63, 3.8) is 0 Å². The van der Waals surface area contributed by atoms with Gasteiger partial charge in [0.15, 0.2) is 22.6 Å². The fourth-order valence-corrected chi connectivity index (χ4v) is 4.92. The molecule has 0 saturated carbocycles. The van der Waals surface area contributed by atoms with Crippen molar-refractivity contribution in [3.8, 4) is 5.75 Å². The van der Waals surface area contributed by atoms with Crippen LogP contribution >= 0.6 is 0 Å². The minimum absolute atomic E-state index is 0.0476. The molecule has 39 heavy (non-hydrogen) atoms. The molecule has 0 unspecified atom stereocenters. The van der Waals surface area contributed by atoms with Crippen LogP contribution in [0.2, 0.25) is 0 Å². The highest BCUT2D eigenvalue weighted by Crippen LogP contribution is 2.59. The van der Waals surface area contributed by atoms with Crippen LogP contribution in [0.4, 0.5) is 22.0 Å². The molecule has 3 aromatic rings. The van der Waals surface area contributed by atoms with Crippen LogP contribution < -0.4 is 15.5 Å². The molecule has 4 rings (SSSR count). The fourth-order valence-electron chi connectivity index (χ4n) is 4.92. The number of H-pyrrole nitrogens is 1. The minimum atomic E-state index is -4.97. The molecule has 0 spiro atoms. The molecule has 2 N–H and O–H groups in total. The third kappa shape index (κ3) is 4.86. The van der Waals surface area contributed by atoms with E-state index in [1.807, 2.05) is 0 Å². The maximum Gasteiger partial charge on any atom is 0.417 e. The zero-order chi connectivity index (χ0) is 31.6. The second kappa shape index (κ2) is 9.58. The lowest BCUT2D eigenvalue weighted by Crippen LogP contribution is -2.46. The largest absolute Gasteiger partial charge is 0.493 e. The van der Waals surface area contributed by atoms with Gasteiger partial charge in [-0.3, -0.25) is 14.6 Å². The number of halogens is 5. The number of benzene rings is 1.